The van der Waals surface area contributed by atoms with Gasteiger partial charge in [-0.25, -0.2) is 4.79 Å². The van der Waals surface area contributed by atoms with Gasteiger partial charge in [0.15, 0.2) is 0 Å². The molecule has 5 nitrogen and oxygen atoms in total. The van der Waals surface area contributed by atoms with Gasteiger partial charge in [0, 0.05) is 20.1 Å². The van der Waals surface area contributed by atoms with E-state index in [0.717, 1.165) is 38.9 Å². The van der Waals surface area contributed by atoms with Crippen LogP contribution in [-0.4, -0.2) is 43.8 Å². The van der Waals surface area contributed by atoms with Crippen molar-refractivity contribution in [1.29, 1.82) is 0 Å². The van der Waals surface area contributed by atoms with Crippen molar-refractivity contribution in [2.75, 3.05) is 26.7 Å². The van der Waals surface area contributed by atoms with Gasteiger partial charge in [-0.05, 0) is 54.6 Å². The number of hydrogen-bond donors (Lipinski definition) is 1. The van der Waals surface area contributed by atoms with Crippen LogP contribution in [-0.2, 0) is 11.2 Å². The van der Waals surface area contributed by atoms with E-state index in [1.165, 1.54) is 16.7 Å². The number of nitrogens with one attached hydrogen (secondary N) is 1. The summed E-state index contributed by atoms with van der Waals surface area (Å²) in [6.07, 6.45) is 2.87. The van der Waals surface area contributed by atoms with Crippen molar-refractivity contribution in [3.63, 3.8) is 0 Å². The highest BCUT2D eigenvalue weighted by Gasteiger charge is 2.25. The molecule has 0 unspecified atom stereocenters. The molecule has 3 aromatic rings. The number of benzene rings is 3. The van der Waals surface area contributed by atoms with Crippen molar-refractivity contribution in [1.82, 2.24) is 10.2 Å². The highest BCUT2D eigenvalue weighted by atomic mass is 16.6. The molecule has 0 bridgehead atoms. The molecule has 33 heavy (non-hydrogen) atoms. The van der Waals surface area contributed by atoms with Gasteiger partial charge in [-0.1, -0.05) is 72.8 Å². The Morgan fingerprint density at radius 2 is 1.61 bits per heavy atom. The number of ether oxygens (including phenoxy) is 2. The predicted octanol–water partition coefficient (Wildman–Crippen LogP) is 5.22. The molecular weight excluding hydrogens is 412 g/mol. The van der Waals surface area contributed by atoms with Gasteiger partial charge in [0.05, 0.1) is 6.10 Å². The van der Waals surface area contributed by atoms with E-state index in [4.69, 9.17) is 9.47 Å². The predicted molar refractivity (Wildman–Crippen MR) is 131 cm³/mol. The lowest BCUT2D eigenvalue weighted by atomic mass is 10.00. The molecular formula is C28H32N2O3. The fraction of sp³-hybridized carbons (Fsp3) is 0.321. The third kappa shape index (κ3) is 6.67. The molecule has 1 saturated heterocycles. The third-order valence-electron chi connectivity index (χ3n) is 6.05. The number of nitrogens with zero attached hydrogens (tertiary/aromatic N) is 1. The Labute approximate surface area is 196 Å². The number of carbonyl (C=O) groups is 1. The fourth-order valence-electron chi connectivity index (χ4n) is 4.29. The summed E-state index contributed by atoms with van der Waals surface area (Å²) in [5, 5.41) is 2.45. The summed E-state index contributed by atoms with van der Waals surface area (Å²) in [5.41, 5.74) is 3.62. The molecule has 0 radical (unpaired) electrons. The van der Waals surface area contributed by atoms with Gasteiger partial charge in [0.1, 0.15) is 11.9 Å². The van der Waals surface area contributed by atoms with Gasteiger partial charge in [0.2, 0.25) is 0 Å². The Morgan fingerprint density at radius 3 is 2.21 bits per heavy atom. The number of hydrogen-bond acceptors (Lipinski definition) is 4. The summed E-state index contributed by atoms with van der Waals surface area (Å²) in [5.74, 6) is 0.553. The van der Waals surface area contributed by atoms with Gasteiger partial charge in [-0.2, -0.15) is 0 Å². The van der Waals surface area contributed by atoms with Crippen LogP contribution in [0.25, 0.3) is 0 Å². The molecule has 0 saturated carbocycles. The zero-order valence-electron chi connectivity index (χ0n) is 19.2. The van der Waals surface area contributed by atoms with Crippen molar-refractivity contribution < 1.29 is 14.3 Å². The Kier molecular flexibility index (Phi) is 8.12. The first-order valence-electron chi connectivity index (χ1n) is 11.7. The quantitative estimate of drug-likeness (QED) is 0.518. The topological polar surface area (TPSA) is 50.8 Å². The average Bonchev–Trinajstić information content (AvgIpc) is 2.88. The van der Waals surface area contributed by atoms with E-state index < -0.39 is 6.09 Å². The third-order valence-corrected chi connectivity index (χ3v) is 6.05. The van der Waals surface area contributed by atoms with Crippen LogP contribution in [0.5, 0.6) is 5.75 Å². The normalized spacial score (nSPS) is 16.5. The molecule has 1 aliphatic rings. The van der Waals surface area contributed by atoms with Crippen LogP contribution in [0.15, 0.2) is 84.9 Å². The van der Waals surface area contributed by atoms with Crippen molar-refractivity contribution in [3.8, 4) is 5.75 Å². The van der Waals surface area contributed by atoms with E-state index in [-0.39, 0.29) is 12.2 Å². The lowest BCUT2D eigenvalue weighted by molar-refractivity contribution is -0.0330. The van der Waals surface area contributed by atoms with Gasteiger partial charge < -0.3 is 19.7 Å². The standard InChI is InChI=1S/C28H32N2O3/c1-29-28(31)33-25-16-14-22(15-17-25)18-20-30-19-8-13-26(21-30)32-27(23-9-4-2-5-10-23)24-11-6-3-7-12-24/h2-7,9-12,14-17,26-27H,8,13,18-21H2,1H3,(H,29,31)/t26-/m1/s1. The first kappa shape index (κ1) is 23.0. The second-order valence-electron chi connectivity index (χ2n) is 8.44. The molecule has 0 aromatic heterocycles. The van der Waals surface area contributed by atoms with E-state index in [0.29, 0.717) is 5.75 Å². The lowest BCUT2D eigenvalue weighted by Crippen LogP contribution is -2.41. The fourth-order valence-corrected chi connectivity index (χ4v) is 4.29. The van der Waals surface area contributed by atoms with Gasteiger partial charge in [-0.3, -0.25) is 0 Å². The second kappa shape index (κ2) is 11.6. The summed E-state index contributed by atoms with van der Waals surface area (Å²) < 4.78 is 11.9. The van der Waals surface area contributed by atoms with Crippen molar-refractivity contribution >= 4 is 6.09 Å². The minimum Gasteiger partial charge on any atom is -0.410 e. The van der Waals surface area contributed by atoms with Crippen molar-refractivity contribution in [2.45, 2.75) is 31.5 Å². The molecule has 1 heterocycles. The van der Waals surface area contributed by atoms with Crippen LogP contribution in [0.3, 0.4) is 0 Å². The van der Waals surface area contributed by atoms with Gasteiger partial charge >= 0.3 is 6.09 Å². The SMILES string of the molecule is CNC(=O)Oc1ccc(CCN2CCC[C@@H](OC(c3ccccc3)c3ccccc3)C2)cc1. The highest BCUT2D eigenvalue weighted by molar-refractivity contribution is 5.69. The molecule has 1 amide bonds. The maximum Gasteiger partial charge on any atom is 0.412 e. The van der Waals surface area contributed by atoms with E-state index in [9.17, 15) is 4.79 Å². The summed E-state index contributed by atoms with van der Waals surface area (Å²) in [6.45, 7) is 3.02. The number of rotatable bonds is 8. The molecule has 0 spiro atoms. The lowest BCUT2D eigenvalue weighted by Gasteiger charge is -2.35. The molecule has 1 N–H and O–H groups in total. The summed E-state index contributed by atoms with van der Waals surface area (Å²) in [4.78, 5) is 13.8. The van der Waals surface area contributed by atoms with Crippen LogP contribution in [0, 0.1) is 0 Å². The van der Waals surface area contributed by atoms with Crippen molar-refractivity contribution in [3.05, 3.63) is 102 Å². The number of amides is 1. The molecule has 4 rings (SSSR count). The summed E-state index contributed by atoms with van der Waals surface area (Å²) >= 11 is 0. The number of piperidine rings is 1. The highest BCUT2D eigenvalue weighted by Crippen LogP contribution is 2.29. The molecule has 172 valence electrons. The molecule has 1 atom stereocenters. The van der Waals surface area contributed by atoms with Crippen LogP contribution in [0.2, 0.25) is 0 Å². The van der Waals surface area contributed by atoms with E-state index in [1.807, 2.05) is 36.4 Å². The van der Waals surface area contributed by atoms with Gasteiger partial charge in [0.25, 0.3) is 0 Å². The van der Waals surface area contributed by atoms with Crippen LogP contribution in [0.1, 0.15) is 35.6 Å². The molecule has 1 fully saturated rings. The van der Waals surface area contributed by atoms with E-state index in [1.54, 1.807) is 7.05 Å². The number of likely N-dealkylation sites (tertiary alicyclic amines) is 1. The van der Waals surface area contributed by atoms with Gasteiger partial charge in [-0.15, -0.1) is 0 Å². The first-order chi connectivity index (χ1) is 16.2. The maximum absolute atomic E-state index is 11.3. The van der Waals surface area contributed by atoms with E-state index in [2.05, 4.69) is 58.7 Å². The Balaban J connectivity index is 1.34. The average molecular weight is 445 g/mol. The van der Waals surface area contributed by atoms with Crippen LogP contribution >= 0.6 is 0 Å². The van der Waals surface area contributed by atoms with Crippen LogP contribution < -0.4 is 10.1 Å². The Morgan fingerprint density at radius 1 is 0.970 bits per heavy atom. The molecule has 3 aromatic carbocycles. The minimum atomic E-state index is -0.452. The smallest absolute Gasteiger partial charge is 0.410 e. The Hall–Kier alpha value is -3.15. The molecule has 1 aliphatic heterocycles. The first-order valence-corrected chi connectivity index (χ1v) is 11.7. The monoisotopic (exact) mass is 444 g/mol. The largest absolute Gasteiger partial charge is 0.412 e. The zero-order chi connectivity index (χ0) is 22.9. The van der Waals surface area contributed by atoms with E-state index >= 15 is 0 Å². The zero-order valence-corrected chi connectivity index (χ0v) is 19.2. The molecule has 5 heteroatoms. The second-order valence-corrected chi connectivity index (χ2v) is 8.44. The Bertz CT molecular complexity index is 953. The van der Waals surface area contributed by atoms with Crippen LogP contribution in [0.4, 0.5) is 4.79 Å². The van der Waals surface area contributed by atoms with Crippen molar-refractivity contribution in [2.24, 2.45) is 0 Å². The minimum absolute atomic E-state index is 0.0507. The maximum atomic E-state index is 11.3. The number of carbonyl (C=O) groups excluding carboxylic acids is 1. The summed E-state index contributed by atoms with van der Waals surface area (Å²) in [6, 6.07) is 28.7. The molecule has 0 aliphatic carbocycles. The summed E-state index contributed by atoms with van der Waals surface area (Å²) in [7, 11) is 1.55.